The first-order valence-corrected chi connectivity index (χ1v) is 7.27. The predicted molar refractivity (Wildman–Crippen MR) is 91.8 cm³/mol. The van der Waals surface area contributed by atoms with Crippen LogP contribution in [0.2, 0.25) is 0 Å². The molecule has 23 heavy (non-hydrogen) atoms. The Bertz CT molecular complexity index is 636. The van der Waals surface area contributed by atoms with Crippen LogP contribution >= 0.6 is 0 Å². The molecule has 0 unspecified atom stereocenters. The Morgan fingerprint density at radius 3 is 1.52 bits per heavy atom. The van der Waals surface area contributed by atoms with Gasteiger partial charge >= 0.3 is 0 Å². The smallest absolute Gasteiger partial charge is 0.246 e. The molecule has 0 aliphatic rings. The van der Waals surface area contributed by atoms with Crippen molar-refractivity contribution in [2.75, 3.05) is 28.3 Å². The third-order valence-electron chi connectivity index (χ3n) is 3.51. The molecule has 4 nitrogen and oxygen atoms in total. The van der Waals surface area contributed by atoms with Crippen LogP contribution < -0.4 is 9.47 Å². The number of nitrogens with zero attached hydrogens (tertiary/aromatic N) is 1. The van der Waals surface area contributed by atoms with E-state index in [4.69, 9.17) is 9.47 Å². The van der Waals surface area contributed by atoms with Gasteiger partial charge in [0.25, 0.3) is 0 Å². The summed E-state index contributed by atoms with van der Waals surface area (Å²) in [5.74, 6) is 1.50. The summed E-state index contributed by atoms with van der Waals surface area (Å²) in [5.41, 5.74) is 2.76. The number of amides is 1. The molecule has 0 fully saturated rings. The summed E-state index contributed by atoms with van der Waals surface area (Å²) in [6.07, 6.45) is 1.64. The van der Waals surface area contributed by atoms with E-state index in [-0.39, 0.29) is 5.91 Å². The third-order valence-corrected chi connectivity index (χ3v) is 3.51. The van der Waals surface area contributed by atoms with Gasteiger partial charge in [-0.2, -0.15) is 0 Å². The van der Waals surface area contributed by atoms with E-state index in [0.717, 1.165) is 28.2 Å². The summed E-state index contributed by atoms with van der Waals surface area (Å²) < 4.78 is 10.4. The van der Waals surface area contributed by atoms with Gasteiger partial charge in [-0.25, -0.2) is 0 Å². The van der Waals surface area contributed by atoms with Crippen LogP contribution in [0.5, 0.6) is 11.5 Å². The maximum absolute atomic E-state index is 12.1. The van der Waals surface area contributed by atoms with Crippen molar-refractivity contribution in [2.24, 2.45) is 0 Å². The zero-order chi connectivity index (χ0) is 16.8. The summed E-state index contributed by atoms with van der Waals surface area (Å²) in [6.45, 7) is 0. The van der Waals surface area contributed by atoms with Gasteiger partial charge in [-0.05, 0) is 41.0 Å². The van der Waals surface area contributed by atoms with Crippen LogP contribution in [0, 0.1) is 0 Å². The van der Waals surface area contributed by atoms with E-state index in [1.54, 1.807) is 39.3 Å². The normalized spacial score (nSPS) is 9.91. The Balaban J connectivity index is 2.47. The van der Waals surface area contributed by atoms with Gasteiger partial charge < -0.3 is 14.4 Å². The molecule has 0 atom stereocenters. The highest BCUT2D eigenvalue weighted by Crippen LogP contribution is 2.27. The van der Waals surface area contributed by atoms with Gasteiger partial charge in [0.1, 0.15) is 11.5 Å². The lowest BCUT2D eigenvalue weighted by atomic mass is 9.97. The molecule has 2 rings (SSSR count). The van der Waals surface area contributed by atoms with Crippen molar-refractivity contribution in [3.05, 3.63) is 65.7 Å². The molecule has 2 aromatic carbocycles. The lowest BCUT2D eigenvalue weighted by Gasteiger charge is -2.12. The van der Waals surface area contributed by atoms with E-state index in [1.165, 1.54) is 0 Å². The predicted octanol–water partition coefficient (Wildman–Crippen LogP) is 3.22. The molecule has 0 saturated heterocycles. The molecule has 4 heteroatoms. The van der Waals surface area contributed by atoms with E-state index in [1.807, 2.05) is 48.5 Å². The minimum absolute atomic E-state index is 0.0633. The number of hydrogen-bond acceptors (Lipinski definition) is 3. The molecular weight excluding hydrogens is 290 g/mol. The third kappa shape index (κ3) is 4.13. The van der Waals surface area contributed by atoms with E-state index >= 15 is 0 Å². The van der Waals surface area contributed by atoms with Crippen LogP contribution in [0.25, 0.3) is 5.57 Å². The largest absolute Gasteiger partial charge is 0.497 e. The molecular formula is C19H21NO3. The zero-order valence-electron chi connectivity index (χ0n) is 13.9. The summed E-state index contributed by atoms with van der Waals surface area (Å²) >= 11 is 0. The van der Waals surface area contributed by atoms with Gasteiger partial charge in [-0.1, -0.05) is 24.3 Å². The fourth-order valence-electron chi connectivity index (χ4n) is 2.13. The van der Waals surface area contributed by atoms with Crippen molar-refractivity contribution in [1.82, 2.24) is 4.90 Å². The first kappa shape index (κ1) is 16.6. The van der Waals surface area contributed by atoms with E-state index in [9.17, 15) is 4.79 Å². The van der Waals surface area contributed by atoms with Crippen LogP contribution in [0.1, 0.15) is 11.1 Å². The molecule has 0 heterocycles. The van der Waals surface area contributed by atoms with Gasteiger partial charge in [-0.15, -0.1) is 0 Å². The van der Waals surface area contributed by atoms with Gasteiger partial charge in [0.05, 0.1) is 14.2 Å². The highest BCUT2D eigenvalue weighted by Gasteiger charge is 2.10. The number of methoxy groups -OCH3 is 2. The van der Waals surface area contributed by atoms with Crippen molar-refractivity contribution < 1.29 is 14.3 Å². The molecule has 0 spiro atoms. The SMILES string of the molecule is COc1ccc(C(=CC(=O)N(C)C)c2ccc(OC)cc2)cc1. The summed E-state index contributed by atoms with van der Waals surface area (Å²) in [4.78, 5) is 13.7. The Morgan fingerprint density at radius 2 is 1.22 bits per heavy atom. The van der Waals surface area contributed by atoms with Crippen LogP contribution in [0.4, 0.5) is 0 Å². The molecule has 0 bridgehead atoms. The molecule has 0 aliphatic carbocycles. The molecule has 0 aromatic heterocycles. The van der Waals surface area contributed by atoms with Crippen molar-refractivity contribution in [3.8, 4) is 11.5 Å². The Morgan fingerprint density at radius 1 is 0.826 bits per heavy atom. The number of hydrogen-bond donors (Lipinski definition) is 0. The lowest BCUT2D eigenvalue weighted by molar-refractivity contribution is -0.123. The second kappa shape index (κ2) is 7.49. The Labute approximate surface area is 137 Å². The number of carbonyl (C=O) groups excluding carboxylic acids is 1. The standard InChI is InChI=1S/C19H21NO3/c1-20(2)19(21)13-18(14-5-9-16(22-3)10-6-14)15-7-11-17(23-4)12-8-15/h5-13H,1-4H3. The average molecular weight is 311 g/mol. The van der Waals surface area contributed by atoms with E-state index in [0.29, 0.717) is 0 Å². The summed E-state index contributed by atoms with van der Waals surface area (Å²) in [5, 5.41) is 0. The van der Waals surface area contributed by atoms with E-state index in [2.05, 4.69) is 0 Å². The van der Waals surface area contributed by atoms with Gasteiger partial charge in [0, 0.05) is 20.2 Å². The Hall–Kier alpha value is -2.75. The molecule has 0 radical (unpaired) electrons. The monoisotopic (exact) mass is 311 g/mol. The topological polar surface area (TPSA) is 38.8 Å². The second-order valence-electron chi connectivity index (χ2n) is 5.25. The highest BCUT2D eigenvalue weighted by molar-refractivity contribution is 5.99. The van der Waals surface area contributed by atoms with Gasteiger partial charge in [0.15, 0.2) is 0 Å². The Kier molecular flexibility index (Phi) is 5.41. The lowest BCUT2D eigenvalue weighted by Crippen LogP contribution is -2.19. The zero-order valence-corrected chi connectivity index (χ0v) is 13.9. The fourth-order valence-corrected chi connectivity index (χ4v) is 2.13. The number of ether oxygens (including phenoxy) is 2. The number of carbonyl (C=O) groups is 1. The first-order chi connectivity index (χ1) is 11.0. The molecule has 0 saturated carbocycles. The molecule has 120 valence electrons. The minimum Gasteiger partial charge on any atom is -0.497 e. The maximum atomic E-state index is 12.1. The van der Waals surface area contributed by atoms with E-state index < -0.39 is 0 Å². The highest BCUT2D eigenvalue weighted by atomic mass is 16.5. The summed E-state index contributed by atoms with van der Waals surface area (Å²) in [6, 6.07) is 15.3. The maximum Gasteiger partial charge on any atom is 0.246 e. The van der Waals surface area contributed by atoms with Crippen molar-refractivity contribution in [2.45, 2.75) is 0 Å². The second-order valence-corrected chi connectivity index (χ2v) is 5.25. The fraction of sp³-hybridized carbons (Fsp3) is 0.211. The van der Waals surface area contributed by atoms with Gasteiger partial charge in [-0.3, -0.25) is 4.79 Å². The summed E-state index contributed by atoms with van der Waals surface area (Å²) in [7, 11) is 6.73. The van der Waals surface area contributed by atoms with Crippen LogP contribution in [-0.4, -0.2) is 39.1 Å². The van der Waals surface area contributed by atoms with Crippen molar-refractivity contribution in [1.29, 1.82) is 0 Å². The molecule has 0 aliphatic heterocycles. The van der Waals surface area contributed by atoms with Crippen LogP contribution in [0.15, 0.2) is 54.6 Å². The van der Waals surface area contributed by atoms with Gasteiger partial charge in [0.2, 0.25) is 5.91 Å². The quantitative estimate of drug-likeness (QED) is 0.796. The van der Waals surface area contributed by atoms with Crippen LogP contribution in [-0.2, 0) is 4.79 Å². The number of benzene rings is 2. The molecule has 2 aromatic rings. The number of rotatable bonds is 5. The van der Waals surface area contributed by atoms with Crippen LogP contribution in [0.3, 0.4) is 0 Å². The molecule has 0 N–H and O–H groups in total. The van der Waals surface area contributed by atoms with Crippen molar-refractivity contribution >= 4 is 11.5 Å². The molecule has 1 amide bonds. The number of likely N-dealkylation sites (N-methyl/N-ethyl adjacent to an activating group) is 1. The first-order valence-electron chi connectivity index (χ1n) is 7.27. The average Bonchev–Trinajstić information content (AvgIpc) is 2.59. The van der Waals surface area contributed by atoms with Crippen molar-refractivity contribution in [3.63, 3.8) is 0 Å². The minimum atomic E-state index is -0.0633.